The lowest BCUT2D eigenvalue weighted by Crippen LogP contribution is -1.96. The summed E-state index contributed by atoms with van der Waals surface area (Å²) in [5, 5.41) is 0. The summed E-state index contributed by atoms with van der Waals surface area (Å²) in [6.07, 6.45) is 9.35. The minimum Gasteiger partial charge on any atom is -0.211 e. The van der Waals surface area contributed by atoms with E-state index in [9.17, 15) is 9.59 Å². The van der Waals surface area contributed by atoms with E-state index in [0.29, 0.717) is 5.69 Å². The molecular weight excluding hydrogens is 240 g/mol. The Hall–Kier alpha value is -2.54. The van der Waals surface area contributed by atoms with Gasteiger partial charge in [0, 0.05) is 0 Å². The predicted octanol–water partition coefficient (Wildman–Crippen LogP) is 3.14. The van der Waals surface area contributed by atoms with Crippen molar-refractivity contribution in [1.29, 1.82) is 0 Å². The lowest BCUT2D eigenvalue weighted by Gasteiger charge is -2.11. The van der Waals surface area contributed by atoms with Gasteiger partial charge in [0.05, 0.1) is 11.4 Å². The average molecular weight is 252 g/mol. The summed E-state index contributed by atoms with van der Waals surface area (Å²) in [6, 6.07) is 7.50. The first-order chi connectivity index (χ1) is 9.31. The van der Waals surface area contributed by atoms with Gasteiger partial charge in [-0.2, -0.15) is 9.98 Å². The topological polar surface area (TPSA) is 58.9 Å². The van der Waals surface area contributed by atoms with Crippen molar-refractivity contribution >= 4 is 17.8 Å². The fraction of sp³-hybridized carbons (Fsp3) is 0.200. The Bertz CT molecular complexity index is 631. The molecule has 0 atom stereocenters. The Labute approximate surface area is 110 Å². The molecule has 0 spiro atoms. The van der Waals surface area contributed by atoms with Crippen LogP contribution in [0.4, 0.5) is 5.69 Å². The molecule has 4 nitrogen and oxygen atoms in total. The Morgan fingerprint density at radius 3 is 2.58 bits per heavy atom. The average Bonchev–Trinajstić information content (AvgIpc) is 2.42. The highest BCUT2D eigenvalue weighted by Gasteiger charge is 2.07. The van der Waals surface area contributed by atoms with E-state index in [2.05, 4.69) is 9.98 Å². The van der Waals surface area contributed by atoms with Crippen molar-refractivity contribution in [3.8, 4) is 0 Å². The Kier molecular flexibility index (Phi) is 4.35. The smallest absolute Gasteiger partial charge is 0.211 e. The molecule has 4 heteroatoms. The van der Waals surface area contributed by atoms with Gasteiger partial charge >= 0.3 is 0 Å². The van der Waals surface area contributed by atoms with E-state index in [1.165, 1.54) is 11.7 Å². The van der Waals surface area contributed by atoms with Crippen molar-refractivity contribution in [2.75, 3.05) is 0 Å². The lowest BCUT2D eigenvalue weighted by molar-refractivity contribution is 0.563. The van der Waals surface area contributed by atoms with Crippen molar-refractivity contribution in [2.24, 2.45) is 9.98 Å². The number of nitrogens with zero attached hydrogens (tertiary/aromatic N) is 2. The largest absolute Gasteiger partial charge is 0.240 e. The number of hydrogen-bond acceptors (Lipinski definition) is 4. The molecule has 0 saturated heterocycles. The van der Waals surface area contributed by atoms with Crippen LogP contribution in [0.25, 0.3) is 0 Å². The summed E-state index contributed by atoms with van der Waals surface area (Å²) in [5.74, 6) is 0. The van der Waals surface area contributed by atoms with Gasteiger partial charge in [-0.15, -0.1) is 0 Å². The van der Waals surface area contributed by atoms with E-state index in [4.69, 9.17) is 0 Å². The molecule has 0 amide bonds. The molecule has 0 N–H and O–H groups in total. The second-order valence-electron chi connectivity index (χ2n) is 4.24. The Morgan fingerprint density at radius 1 is 1.05 bits per heavy atom. The highest BCUT2D eigenvalue weighted by Crippen LogP contribution is 2.23. The third-order valence-corrected chi connectivity index (χ3v) is 2.92. The quantitative estimate of drug-likeness (QED) is 0.610. The van der Waals surface area contributed by atoms with Crippen LogP contribution in [0.1, 0.15) is 18.4 Å². The molecule has 0 unspecified atom stereocenters. The summed E-state index contributed by atoms with van der Waals surface area (Å²) >= 11 is 0. The summed E-state index contributed by atoms with van der Waals surface area (Å²) in [5.41, 5.74) is 3.74. The number of hydrogen-bond donors (Lipinski definition) is 0. The number of isocyanates is 2. The van der Waals surface area contributed by atoms with Gasteiger partial charge in [-0.1, -0.05) is 23.8 Å². The maximum Gasteiger partial charge on any atom is 0.240 e. The van der Waals surface area contributed by atoms with Gasteiger partial charge in [0.1, 0.15) is 0 Å². The maximum absolute atomic E-state index is 10.2. The van der Waals surface area contributed by atoms with Crippen molar-refractivity contribution in [2.45, 2.75) is 19.3 Å². The molecule has 94 valence electrons. The highest BCUT2D eigenvalue weighted by atomic mass is 16.1. The van der Waals surface area contributed by atoms with E-state index in [0.717, 1.165) is 30.5 Å². The fourth-order valence-corrected chi connectivity index (χ4v) is 2.02. The zero-order chi connectivity index (χ0) is 13.5. The van der Waals surface area contributed by atoms with Crippen LogP contribution in [-0.2, 0) is 16.0 Å². The number of allylic oxidation sites excluding steroid dienone is 4. The molecule has 1 aromatic carbocycles. The number of benzene rings is 1. The van der Waals surface area contributed by atoms with Gasteiger partial charge < -0.3 is 0 Å². The van der Waals surface area contributed by atoms with Crippen LogP contribution in [0.15, 0.2) is 57.7 Å². The van der Waals surface area contributed by atoms with Crippen LogP contribution in [-0.4, -0.2) is 12.2 Å². The fourth-order valence-electron chi connectivity index (χ4n) is 2.02. The van der Waals surface area contributed by atoms with Crippen LogP contribution in [0.3, 0.4) is 0 Å². The van der Waals surface area contributed by atoms with Crippen LogP contribution >= 0.6 is 0 Å². The van der Waals surface area contributed by atoms with Crippen LogP contribution in [0.5, 0.6) is 0 Å². The molecule has 1 aliphatic rings. The first kappa shape index (κ1) is 12.9. The summed E-state index contributed by atoms with van der Waals surface area (Å²) in [7, 11) is 0. The second-order valence-corrected chi connectivity index (χ2v) is 4.24. The normalized spacial score (nSPS) is 13.7. The molecule has 0 bridgehead atoms. The summed E-state index contributed by atoms with van der Waals surface area (Å²) in [4.78, 5) is 27.6. The molecule has 0 aliphatic heterocycles. The van der Waals surface area contributed by atoms with Gasteiger partial charge in [0.25, 0.3) is 0 Å². The summed E-state index contributed by atoms with van der Waals surface area (Å²) < 4.78 is 0. The van der Waals surface area contributed by atoms with E-state index in [1.54, 1.807) is 12.1 Å². The lowest BCUT2D eigenvalue weighted by atomic mass is 9.96. The zero-order valence-electron chi connectivity index (χ0n) is 10.3. The van der Waals surface area contributed by atoms with Gasteiger partial charge in [0.15, 0.2) is 0 Å². The van der Waals surface area contributed by atoms with Gasteiger partial charge in [0.2, 0.25) is 12.2 Å². The molecule has 19 heavy (non-hydrogen) atoms. The van der Waals surface area contributed by atoms with Gasteiger partial charge in [-0.05, 0) is 43.0 Å². The molecule has 0 heterocycles. The SMILES string of the molecule is O=C=NC1=CC=C(Cc2cccc(N=C=O)c2)CC1. The first-order valence-electron chi connectivity index (χ1n) is 5.95. The molecule has 0 aromatic heterocycles. The van der Waals surface area contributed by atoms with E-state index in [1.807, 2.05) is 30.4 Å². The van der Waals surface area contributed by atoms with Gasteiger partial charge in [-0.25, -0.2) is 9.59 Å². The minimum atomic E-state index is 0.616. The van der Waals surface area contributed by atoms with Crippen molar-refractivity contribution in [3.05, 3.63) is 53.3 Å². The third-order valence-electron chi connectivity index (χ3n) is 2.92. The highest BCUT2D eigenvalue weighted by molar-refractivity contribution is 5.50. The van der Waals surface area contributed by atoms with Crippen molar-refractivity contribution in [3.63, 3.8) is 0 Å². The molecule has 0 radical (unpaired) electrons. The molecule has 0 fully saturated rings. The predicted molar refractivity (Wildman–Crippen MR) is 71.4 cm³/mol. The van der Waals surface area contributed by atoms with E-state index in [-0.39, 0.29) is 0 Å². The Balaban J connectivity index is 2.12. The molecule has 1 aromatic rings. The number of rotatable bonds is 4. The van der Waals surface area contributed by atoms with Crippen LogP contribution in [0.2, 0.25) is 0 Å². The zero-order valence-corrected chi connectivity index (χ0v) is 10.3. The number of aliphatic imine (C=N–C) groups is 2. The molecule has 2 rings (SSSR count). The van der Waals surface area contributed by atoms with E-state index < -0.39 is 0 Å². The van der Waals surface area contributed by atoms with Crippen LogP contribution < -0.4 is 0 Å². The standard InChI is InChI=1S/C15H12N2O2/c18-10-16-14-6-4-12(5-7-14)8-13-2-1-3-15(9-13)17-11-19/h1-4,6,9H,5,7-8H2. The molecule has 1 aliphatic carbocycles. The van der Waals surface area contributed by atoms with Crippen molar-refractivity contribution < 1.29 is 9.59 Å². The Morgan fingerprint density at radius 2 is 1.89 bits per heavy atom. The summed E-state index contributed by atoms with van der Waals surface area (Å²) in [6.45, 7) is 0. The monoisotopic (exact) mass is 252 g/mol. The molecular formula is C15H12N2O2. The first-order valence-corrected chi connectivity index (χ1v) is 5.95. The van der Waals surface area contributed by atoms with Gasteiger partial charge in [-0.3, -0.25) is 0 Å². The second kappa shape index (κ2) is 6.41. The third kappa shape index (κ3) is 3.71. The minimum absolute atomic E-state index is 0.616. The van der Waals surface area contributed by atoms with Crippen LogP contribution in [0, 0.1) is 0 Å². The molecule has 0 saturated carbocycles. The number of carbonyl (C=O) groups excluding carboxylic acids is 2. The maximum atomic E-state index is 10.2. The van der Waals surface area contributed by atoms with Crippen molar-refractivity contribution in [1.82, 2.24) is 0 Å². The van der Waals surface area contributed by atoms with E-state index >= 15 is 0 Å².